The average Bonchev–Trinajstić information content (AvgIpc) is 2.80. The van der Waals surface area contributed by atoms with Crippen molar-refractivity contribution in [1.29, 1.82) is 0 Å². The van der Waals surface area contributed by atoms with E-state index in [-0.39, 0.29) is 0 Å². The summed E-state index contributed by atoms with van der Waals surface area (Å²) in [4.78, 5) is 39.9. The standard InChI is InChI=1S/C16H10ClN3O3/c17-9-6-7-12-11(8-9)18-14(21)13-15(22)19(16(23)20(12)13)10-4-2-1-3-5-10/h1-8,13H,(H,18,21). The van der Waals surface area contributed by atoms with Crippen LogP contribution in [0.4, 0.5) is 21.9 Å². The van der Waals surface area contributed by atoms with E-state index >= 15 is 0 Å². The van der Waals surface area contributed by atoms with E-state index in [0.29, 0.717) is 22.1 Å². The Hall–Kier alpha value is -2.86. The van der Waals surface area contributed by atoms with E-state index < -0.39 is 23.9 Å². The molecule has 23 heavy (non-hydrogen) atoms. The number of hydrogen-bond donors (Lipinski definition) is 1. The highest BCUT2D eigenvalue weighted by atomic mass is 35.5. The number of para-hydroxylation sites is 1. The van der Waals surface area contributed by atoms with Crippen LogP contribution in [0.25, 0.3) is 0 Å². The summed E-state index contributed by atoms with van der Waals surface area (Å²) in [5.41, 5.74) is 1.30. The fourth-order valence-corrected chi connectivity index (χ4v) is 3.02. The van der Waals surface area contributed by atoms with Crippen LogP contribution in [0.2, 0.25) is 5.02 Å². The van der Waals surface area contributed by atoms with E-state index in [2.05, 4.69) is 5.32 Å². The van der Waals surface area contributed by atoms with Crippen LogP contribution >= 0.6 is 11.6 Å². The number of fused-ring (bicyclic) bond motifs is 3. The number of halogens is 1. The van der Waals surface area contributed by atoms with Crippen molar-refractivity contribution >= 4 is 46.5 Å². The third-order valence-electron chi connectivity index (χ3n) is 3.85. The first kappa shape index (κ1) is 13.8. The molecule has 0 aromatic heterocycles. The summed E-state index contributed by atoms with van der Waals surface area (Å²) >= 11 is 5.92. The highest BCUT2D eigenvalue weighted by molar-refractivity contribution is 6.38. The molecule has 2 heterocycles. The van der Waals surface area contributed by atoms with Gasteiger partial charge in [-0.1, -0.05) is 29.8 Å². The molecule has 0 radical (unpaired) electrons. The number of hydrogen-bond acceptors (Lipinski definition) is 3. The third kappa shape index (κ3) is 1.92. The van der Waals surface area contributed by atoms with Crippen molar-refractivity contribution in [2.75, 3.05) is 15.1 Å². The molecule has 2 aliphatic heterocycles. The predicted molar refractivity (Wildman–Crippen MR) is 85.7 cm³/mol. The normalized spacial score (nSPS) is 19.5. The lowest BCUT2D eigenvalue weighted by atomic mass is 10.1. The number of rotatable bonds is 1. The number of imide groups is 1. The third-order valence-corrected chi connectivity index (χ3v) is 4.08. The van der Waals surface area contributed by atoms with Gasteiger partial charge in [-0.25, -0.2) is 9.69 Å². The maximum Gasteiger partial charge on any atom is 0.337 e. The van der Waals surface area contributed by atoms with Gasteiger partial charge in [0.1, 0.15) is 0 Å². The van der Waals surface area contributed by atoms with Crippen LogP contribution in [-0.2, 0) is 9.59 Å². The summed E-state index contributed by atoms with van der Waals surface area (Å²) in [5, 5.41) is 3.06. The van der Waals surface area contributed by atoms with Crippen molar-refractivity contribution in [2.45, 2.75) is 6.04 Å². The van der Waals surface area contributed by atoms with Crippen LogP contribution in [0.3, 0.4) is 0 Å². The Bertz CT molecular complexity index is 853. The van der Waals surface area contributed by atoms with Gasteiger partial charge in [0.2, 0.25) is 0 Å². The number of anilines is 3. The largest absolute Gasteiger partial charge is 0.337 e. The lowest BCUT2D eigenvalue weighted by Crippen LogP contribution is -2.48. The smallest absolute Gasteiger partial charge is 0.322 e. The Morgan fingerprint density at radius 3 is 2.48 bits per heavy atom. The maximum atomic E-state index is 12.8. The van der Waals surface area contributed by atoms with Gasteiger partial charge in [0.25, 0.3) is 11.8 Å². The molecule has 1 atom stereocenters. The number of carbonyl (C=O) groups is 3. The van der Waals surface area contributed by atoms with Crippen molar-refractivity contribution in [3.63, 3.8) is 0 Å². The number of carbonyl (C=O) groups excluding carboxylic acids is 3. The zero-order chi connectivity index (χ0) is 16.1. The van der Waals surface area contributed by atoms with E-state index in [9.17, 15) is 14.4 Å². The molecule has 2 aliphatic rings. The molecule has 1 fully saturated rings. The highest BCUT2D eigenvalue weighted by Gasteiger charge is 2.53. The van der Waals surface area contributed by atoms with E-state index in [1.807, 2.05) is 0 Å². The zero-order valence-corrected chi connectivity index (χ0v) is 12.4. The van der Waals surface area contributed by atoms with E-state index in [1.54, 1.807) is 48.5 Å². The number of urea groups is 1. The second-order valence-electron chi connectivity index (χ2n) is 5.22. The van der Waals surface area contributed by atoms with Crippen molar-refractivity contribution in [1.82, 2.24) is 0 Å². The fourth-order valence-electron chi connectivity index (χ4n) is 2.85. The molecule has 4 rings (SSSR count). The number of nitrogens with one attached hydrogen (secondary N) is 1. The van der Waals surface area contributed by atoms with Crippen LogP contribution in [0.5, 0.6) is 0 Å². The first-order valence-corrected chi connectivity index (χ1v) is 7.28. The summed E-state index contributed by atoms with van der Waals surface area (Å²) in [6.45, 7) is 0. The number of nitrogens with zero attached hydrogens (tertiary/aromatic N) is 2. The van der Waals surface area contributed by atoms with Gasteiger partial charge in [-0.05, 0) is 30.3 Å². The molecule has 7 heteroatoms. The van der Waals surface area contributed by atoms with Gasteiger partial charge in [-0.15, -0.1) is 0 Å². The van der Waals surface area contributed by atoms with E-state index in [1.165, 1.54) is 4.90 Å². The van der Waals surface area contributed by atoms with E-state index in [4.69, 9.17) is 11.6 Å². The van der Waals surface area contributed by atoms with Gasteiger partial charge >= 0.3 is 6.03 Å². The van der Waals surface area contributed by atoms with Crippen LogP contribution < -0.4 is 15.1 Å². The van der Waals surface area contributed by atoms with Crippen molar-refractivity contribution < 1.29 is 14.4 Å². The molecule has 2 aromatic carbocycles. The Labute approximate surface area is 136 Å². The fraction of sp³-hybridized carbons (Fsp3) is 0.0625. The monoisotopic (exact) mass is 327 g/mol. The molecule has 4 amide bonds. The molecule has 0 saturated carbocycles. The van der Waals surface area contributed by atoms with Crippen LogP contribution in [0, 0.1) is 0 Å². The Kier molecular flexibility index (Phi) is 2.89. The Morgan fingerprint density at radius 1 is 1.00 bits per heavy atom. The molecule has 1 N–H and O–H groups in total. The minimum absolute atomic E-state index is 0.412. The highest BCUT2D eigenvalue weighted by Crippen LogP contribution is 2.39. The van der Waals surface area contributed by atoms with Crippen LogP contribution in [0.1, 0.15) is 0 Å². The first-order chi connectivity index (χ1) is 11.1. The second kappa shape index (κ2) is 4.82. The van der Waals surface area contributed by atoms with Gasteiger partial charge in [-0.3, -0.25) is 14.5 Å². The van der Waals surface area contributed by atoms with Gasteiger partial charge in [0.05, 0.1) is 17.1 Å². The molecule has 114 valence electrons. The molecule has 0 spiro atoms. The van der Waals surface area contributed by atoms with Crippen molar-refractivity contribution in [3.8, 4) is 0 Å². The number of benzene rings is 2. The lowest BCUT2D eigenvalue weighted by Gasteiger charge is -2.28. The first-order valence-electron chi connectivity index (χ1n) is 6.90. The van der Waals surface area contributed by atoms with Crippen LogP contribution in [-0.4, -0.2) is 23.9 Å². The minimum Gasteiger partial charge on any atom is -0.322 e. The SMILES string of the molecule is O=C1Nc2cc(Cl)ccc2N2C(=O)N(c3ccccc3)C(=O)C12. The average molecular weight is 328 g/mol. The molecule has 1 unspecified atom stereocenters. The molecule has 0 aliphatic carbocycles. The van der Waals surface area contributed by atoms with Crippen molar-refractivity contribution in [2.24, 2.45) is 0 Å². The molecular formula is C16H10ClN3O3. The topological polar surface area (TPSA) is 69.7 Å². The van der Waals surface area contributed by atoms with Gasteiger partial charge in [-0.2, -0.15) is 0 Å². The Balaban J connectivity index is 1.85. The van der Waals surface area contributed by atoms with Crippen molar-refractivity contribution in [3.05, 3.63) is 53.6 Å². The number of amides is 4. The summed E-state index contributed by atoms with van der Waals surface area (Å²) in [5.74, 6) is -1.11. The zero-order valence-electron chi connectivity index (χ0n) is 11.7. The van der Waals surface area contributed by atoms with Gasteiger partial charge < -0.3 is 5.32 Å². The summed E-state index contributed by atoms with van der Waals surface area (Å²) < 4.78 is 0. The molecular weight excluding hydrogens is 318 g/mol. The molecule has 6 nitrogen and oxygen atoms in total. The summed E-state index contributed by atoms with van der Waals surface area (Å²) in [7, 11) is 0. The minimum atomic E-state index is -1.20. The molecule has 1 saturated heterocycles. The maximum absolute atomic E-state index is 12.8. The quantitative estimate of drug-likeness (QED) is 0.646. The molecule has 2 aromatic rings. The summed E-state index contributed by atoms with van der Waals surface area (Å²) in [6, 6.07) is 11.5. The van der Waals surface area contributed by atoms with Crippen LogP contribution in [0.15, 0.2) is 48.5 Å². The lowest BCUT2D eigenvalue weighted by molar-refractivity contribution is -0.125. The predicted octanol–water partition coefficient (Wildman–Crippen LogP) is 2.63. The Morgan fingerprint density at radius 2 is 1.74 bits per heavy atom. The van der Waals surface area contributed by atoms with Gasteiger partial charge in [0, 0.05) is 5.02 Å². The summed E-state index contributed by atoms with van der Waals surface area (Å²) in [6.07, 6.45) is 0. The second-order valence-corrected chi connectivity index (χ2v) is 5.65. The van der Waals surface area contributed by atoms with E-state index in [0.717, 1.165) is 4.90 Å². The van der Waals surface area contributed by atoms with Gasteiger partial charge in [0.15, 0.2) is 6.04 Å². The molecule has 0 bridgehead atoms.